The molecular weight excluding hydrogens is 273 g/mol. The summed E-state index contributed by atoms with van der Waals surface area (Å²) in [5.74, 6) is -0.174. The Bertz CT molecular complexity index is 444. The molecule has 0 aliphatic rings. The number of hydrogen-bond acceptors (Lipinski definition) is 3. The zero-order valence-corrected chi connectivity index (χ0v) is 11.2. The Hall–Kier alpha value is -1.76. The molecule has 20 heavy (non-hydrogen) atoms. The fourth-order valence-corrected chi connectivity index (χ4v) is 1.45. The normalized spacial score (nSPS) is 14.5. The van der Waals surface area contributed by atoms with Gasteiger partial charge in [-0.25, -0.2) is 0 Å². The molecule has 0 saturated heterocycles. The van der Waals surface area contributed by atoms with Crippen molar-refractivity contribution in [2.24, 2.45) is 5.73 Å². The maximum atomic E-state index is 12.0. The molecule has 1 aromatic rings. The topological polar surface area (TPSA) is 64.4 Å². The summed E-state index contributed by atoms with van der Waals surface area (Å²) in [6.45, 7) is 1.99. The van der Waals surface area contributed by atoms with E-state index in [0.717, 1.165) is 5.56 Å². The van der Waals surface area contributed by atoms with Crippen LogP contribution in [0.15, 0.2) is 24.3 Å². The lowest BCUT2D eigenvalue weighted by molar-refractivity contribution is -0.153. The lowest BCUT2D eigenvalue weighted by Gasteiger charge is -2.16. The average Bonchev–Trinajstić information content (AvgIpc) is 2.35. The summed E-state index contributed by atoms with van der Waals surface area (Å²) < 4.78 is 40.5. The first-order valence-corrected chi connectivity index (χ1v) is 6.04. The monoisotopic (exact) mass is 290 g/mol. The van der Waals surface area contributed by atoms with Crippen LogP contribution < -0.4 is 15.8 Å². The number of hydrogen-bond donors (Lipinski definition) is 2. The zero-order chi connectivity index (χ0) is 15.3. The van der Waals surface area contributed by atoms with Gasteiger partial charge in [-0.3, -0.25) is 4.79 Å². The Morgan fingerprint density at radius 2 is 1.85 bits per heavy atom. The van der Waals surface area contributed by atoms with Crippen LogP contribution in [0.3, 0.4) is 0 Å². The summed E-state index contributed by atoms with van der Waals surface area (Å²) >= 11 is 0. The SMILES string of the molecule is CC(NC(=O)[C@@H](C)N)c1ccc(OCC(F)(F)F)cc1. The molecule has 0 heterocycles. The molecule has 0 bridgehead atoms. The third-order valence-electron chi connectivity index (χ3n) is 2.55. The number of nitrogens with two attached hydrogens (primary N) is 1. The minimum absolute atomic E-state index is 0.122. The van der Waals surface area contributed by atoms with E-state index in [2.05, 4.69) is 10.1 Å². The van der Waals surface area contributed by atoms with Gasteiger partial charge in [0.25, 0.3) is 0 Å². The minimum atomic E-state index is -4.36. The number of nitrogens with one attached hydrogen (secondary N) is 1. The van der Waals surface area contributed by atoms with Crippen LogP contribution in [0.25, 0.3) is 0 Å². The van der Waals surface area contributed by atoms with Crippen LogP contribution in [0.4, 0.5) is 13.2 Å². The van der Waals surface area contributed by atoms with Crippen LogP contribution in [0.5, 0.6) is 5.75 Å². The number of rotatable bonds is 5. The lowest BCUT2D eigenvalue weighted by atomic mass is 10.1. The number of carbonyl (C=O) groups is 1. The Morgan fingerprint density at radius 1 is 1.30 bits per heavy atom. The van der Waals surface area contributed by atoms with Crippen molar-refractivity contribution < 1.29 is 22.7 Å². The van der Waals surface area contributed by atoms with Gasteiger partial charge in [0.05, 0.1) is 12.1 Å². The van der Waals surface area contributed by atoms with Crippen molar-refractivity contribution in [3.63, 3.8) is 0 Å². The molecule has 1 aromatic carbocycles. The molecule has 0 fully saturated rings. The van der Waals surface area contributed by atoms with Gasteiger partial charge in [0, 0.05) is 0 Å². The molecule has 4 nitrogen and oxygen atoms in total. The van der Waals surface area contributed by atoms with Gasteiger partial charge in [0.1, 0.15) is 5.75 Å². The van der Waals surface area contributed by atoms with Crippen molar-refractivity contribution in [3.8, 4) is 5.75 Å². The van der Waals surface area contributed by atoms with Crippen molar-refractivity contribution in [2.45, 2.75) is 32.1 Å². The van der Waals surface area contributed by atoms with E-state index in [4.69, 9.17) is 5.73 Å². The van der Waals surface area contributed by atoms with Gasteiger partial charge in [-0.1, -0.05) is 12.1 Å². The second kappa shape index (κ2) is 6.60. The molecule has 0 aliphatic carbocycles. The summed E-state index contributed by atoms with van der Waals surface area (Å²) in [6, 6.07) is 5.14. The van der Waals surface area contributed by atoms with E-state index >= 15 is 0 Å². The second-order valence-electron chi connectivity index (χ2n) is 4.49. The first-order chi connectivity index (χ1) is 9.19. The third kappa shape index (κ3) is 5.48. The molecular formula is C13H17F3N2O2. The number of ether oxygens (including phenoxy) is 1. The molecule has 112 valence electrons. The average molecular weight is 290 g/mol. The molecule has 0 aliphatic heterocycles. The zero-order valence-electron chi connectivity index (χ0n) is 11.2. The number of benzene rings is 1. The second-order valence-corrected chi connectivity index (χ2v) is 4.49. The predicted molar refractivity (Wildman–Crippen MR) is 68.2 cm³/mol. The Balaban J connectivity index is 2.59. The van der Waals surface area contributed by atoms with E-state index in [-0.39, 0.29) is 17.7 Å². The molecule has 3 N–H and O–H groups in total. The minimum Gasteiger partial charge on any atom is -0.484 e. The van der Waals surface area contributed by atoms with Crippen molar-refractivity contribution in [3.05, 3.63) is 29.8 Å². The van der Waals surface area contributed by atoms with Gasteiger partial charge in [-0.15, -0.1) is 0 Å². The van der Waals surface area contributed by atoms with Crippen LogP contribution in [0, 0.1) is 0 Å². The fraction of sp³-hybridized carbons (Fsp3) is 0.462. The van der Waals surface area contributed by atoms with Crippen molar-refractivity contribution >= 4 is 5.91 Å². The lowest BCUT2D eigenvalue weighted by Crippen LogP contribution is -2.39. The molecule has 1 amide bonds. The highest BCUT2D eigenvalue weighted by Crippen LogP contribution is 2.21. The van der Waals surface area contributed by atoms with E-state index in [1.54, 1.807) is 26.0 Å². The predicted octanol–water partition coefficient (Wildman–Crippen LogP) is 2.15. The third-order valence-corrected chi connectivity index (χ3v) is 2.55. The molecule has 1 unspecified atom stereocenters. The number of alkyl halides is 3. The Morgan fingerprint density at radius 3 is 2.30 bits per heavy atom. The van der Waals surface area contributed by atoms with E-state index in [0.29, 0.717) is 0 Å². The van der Waals surface area contributed by atoms with Crippen LogP contribution in [0.1, 0.15) is 25.5 Å². The van der Waals surface area contributed by atoms with E-state index in [1.165, 1.54) is 12.1 Å². The van der Waals surface area contributed by atoms with E-state index in [9.17, 15) is 18.0 Å². The highest BCUT2D eigenvalue weighted by molar-refractivity contribution is 5.81. The van der Waals surface area contributed by atoms with Crippen molar-refractivity contribution in [1.82, 2.24) is 5.32 Å². The molecule has 1 rings (SSSR count). The summed E-state index contributed by atoms with van der Waals surface area (Å²) in [4.78, 5) is 11.4. The standard InChI is InChI=1S/C13H17F3N2O2/c1-8(17)12(19)18-9(2)10-3-5-11(6-4-10)20-7-13(14,15)16/h3-6,8-9H,7,17H2,1-2H3,(H,18,19)/t8-,9?/m1/s1. The fourth-order valence-electron chi connectivity index (χ4n) is 1.45. The van der Waals surface area contributed by atoms with Gasteiger partial charge in [-0.2, -0.15) is 13.2 Å². The van der Waals surface area contributed by atoms with Gasteiger partial charge in [0.15, 0.2) is 6.61 Å². The highest BCUT2D eigenvalue weighted by Gasteiger charge is 2.28. The summed E-state index contributed by atoms with van der Waals surface area (Å²) in [5, 5.41) is 2.69. The van der Waals surface area contributed by atoms with Crippen molar-refractivity contribution in [2.75, 3.05) is 6.61 Å². The van der Waals surface area contributed by atoms with E-state index < -0.39 is 18.8 Å². The maximum absolute atomic E-state index is 12.0. The maximum Gasteiger partial charge on any atom is 0.422 e. The largest absolute Gasteiger partial charge is 0.484 e. The number of halogens is 3. The molecule has 0 saturated carbocycles. The quantitative estimate of drug-likeness (QED) is 0.873. The van der Waals surface area contributed by atoms with Gasteiger partial charge in [-0.05, 0) is 31.5 Å². The summed E-state index contributed by atoms with van der Waals surface area (Å²) in [6.07, 6.45) is -4.36. The van der Waals surface area contributed by atoms with Gasteiger partial charge < -0.3 is 15.8 Å². The van der Waals surface area contributed by atoms with Crippen LogP contribution >= 0.6 is 0 Å². The Labute approximate surface area is 115 Å². The van der Waals surface area contributed by atoms with Crippen molar-refractivity contribution in [1.29, 1.82) is 0 Å². The van der Waals surface area contributed by atoms with Crippen LogP contribution in [-0.2, 0) is 4.79 Å². The van der Waals surface area contributed by atoms with Crippen LogP contribution in [0.2, 0.25) is 0 Å². The molecule has 0 radical (unpaired) electrons. The Kier molecular flexibility index (Phi) is 5.38. The highest BCUT2D eigenvalue weighted by atomic mass is 19.4. The first kappa shape index (κ1) is 16.3. The molecule has 2 atom stereocenters. The molecule has 0 aromatic heterocycles. The van der Waals surface area contributed by atoms with Gasteiger partial charge in [0.2, 0.25) is 5.91 Å². The number of carbonyl (C=O) groups excluding carboxylic acids is 1. The smallest absolute Gasteiger partial charge is 0.422 e. The van der Waals surface area contributed by atoms with Gasteiger partial charge >= 0.3 is 6.18 Å². The summed E-state index contributed by atoms with van der Waals surface area (Å²) in [5.41, 5.74) is 6.18. The molecule has 0 spiro atoms. The summed E-state index contributed by atoms with van der Waals surface area (Å²) in [7, 11) is 0. The number of amides is 1. The first-order valence-electron chi connectivity index (χ1n) is 6.04. The van der Waals surface area contributed by atoms with Crippen LogP contribution in [-0.4, -0.2) is 24.7 Å². The molecule has 7 heteroatoms. The van der Waals surface area contributed by atoms with E-state index in [1.807, 2.05) is 0 Å².